The Labute approximate surface area is 130 Å². The molecule has 2 aromatic rings. The molecule has 0 amide bonds. The Balaban J connectivity index is 1.88. The maximum absolute atomic E-state index is 5.63. The number of rotatable bonds is 3. The number of nitrogens with zero attached hydrogens (tertiary/aromatic N) is 2. The van der Waals surface area contributed by atoms with Gasteiger partial charge in [-0.15, -0.1) is 11.3 Å². The number of aromatic nitrogens is 1. The van der Waals surface area contributed by atoms with Crippen LogP contribution in [0.5, 0.6) is 0 Å². The summed E-state index contributed by atoms with van der Waals surface area (Å²) in [7, 11) is 0. The molecule has 0 aromatic carbocycles. The van der Waals surface area contributed by atoms with Gasteiger partial charge >= 0.3 is 0 Å². The van der Waals surface area contributed by atoms with Crippen molar-refractivity contribution in [2.24, 2.45) is 0 Å². The van der Waals surface area contributed by atoms with Crippen LogP contribution >= 0.6 is 11.3 Å². The van der Waals surface area contributed by atoms with Gasteiger partial charge in [-0.1, -0.05) is 0 Å². The minimum atomic E-state index is -0.0162. The highest BCUT2D eigenvalue weighted by atomic mass is 32.1. The SMILES string of the molecule is Cc1cc(-c2csc(C(C)(C)N3CCNCC3)n2)c(C)o1. The molecular weight excluding hydrogens is 282 g/mol. The molecule has 114 valence electrons. The fourth-order valence-corrected chi connectivity index (χ4v) is 3.89. The van der Waals surface area contributed by atoms with Crippen LogP contribution in [0.25, 0.3) is 11.3 Å². The van der Waals surface area contributed by atoms with Crippen LogP contribution in [0.2, 0.25) is 0 Å². The summed E-state index contributed by atoms with van der Waals surface area (Å²) in [4.78, 5) is 7.41. The molecule has 5 heteroatoms. The first-order chi connectivity index (χ1) is 9.98. The molecule has 1 fully saturated rings. The van der Waals surface area contributed by atoms with E-state index in [9.17, 15) is 0 Å². The van der Waals surface area contributed by atoms with E-state index in [-0.39, 0.29) is 5.54 Å². The highest BCUT2D eigenvalue weighted by molar-refractivity contribution is 7.10. The Morgan fingerprint density at radius 3 is 2.62 bits per heavy atom. The first kappa shape index (κ1) is 14.8. The zero-order valence-corrected chi connectivity index (χ0v) is 14.0. The molecule has 0 spiro atoms. The largest absolute Gasteiger partial charge is 0.466 e. The van der Waals surface area contributed by atoms with E-state index in [1.807, 2.05) is 13.8 Å². The summed E-state index contributed by atoms with van der Waals surface area (Å²) in [6.07, 6.45) is 0. The van der Waals surface area contributed by atoms with Gasteiger partial charge in [0.05, 0.1) is 11.2 Å². The molecule has 3 heterocycles. The summed E-state index contributed by atoms with van der Waals surface area (Å²) in [6, 6.07) is 2.08. The number of nitrogens with one attached hydrogen (secondary N) is 1. The summed E-state index contributed by atoms with van der Waals surface area (Å²) in [5, 5.41) is 6.74. The second-order valence-corrected chi connectivity index (χ2v) is 7.02. The molecule has 0 radical (unpaired) electrons. The van der Waals surface area contributed by atoms with E-state index in [0.717, 1.165) is 49.0 Å². The number of thiazole rings is 1. The quantitative estimate of drug-likeness (QED) is 0.946. The molecule has 0 saturated carbocycles. The molecule has 4 nitrogen and oxygen atoms in total. The van der Waals surface area contributed by atoms with Gasteiger partial charge in [-0.25, -0.2) is 4.98 Å². The van der Waals surface area contributed by atoms with Gasteiger partial charge in [0.25, 0.3) is 0 Å². The summed E-state index contributed by atoms with van der Waals surface area (Å²) < 4.78 is 5.63. The van der Waals surface area contributed by atoms with Crippen molar-refractivity contribution in [2.75, 3.05) is 26.2 Å². The lowest BCUT2D eigenvalue weighted by atomic mass is 10.0. The van der Waals surface area contributed by atoms with Crippen molar-refractivity contribution in [1.29, 1.82) is 0 Å². The molecule has 0 unspecified atom stereocenters. The molecule has 1 aliphatic rings. The van der Waals surface area contributed by atoms with Crippen LogP contribution in [0.15, 0.2) is 15.9 Å². The molecule has 21 heavy (non-hydrogen) atoms. The van der Waals surface area contributed by atoms with E-state index >= 15 is 0 Å². The third kappa shape index (κ3) is 2.78. The molecule has 1 N–H and O–H groups in total. The van der Waals surface area contributed by atoms with E-state index < -0.39 is 0 Å². The van der Waals surface area contributed by atoms with E-state index in [0.29, 0.717) is 0 Å². The van der Waals surface area contributed by atoms with Gasteiger partial charge in [0.1, 0.15) is 16.5 Å². The second kappa shape index (κ2) is 5.55. The average molecular weight is 305 g/mol. The van der Waals surface area contributed by atoms with Crippen LogP contribution < -0.4 is 5.32 Å². The highest BCUT2D eigenvalue weighted by Crippen LogP contribution is 2.34. The first-order valence-electron chi connectivity index (χ1n) is 7.47. The van der Waals surface area contributed by atoms with Crippen LogP contribution in [0.4, 0.5) is 0 Å². The monoisotopic (exact) mass is 305 g/mol. The number of piperazine rings is 1. The van der Waals surface area contributed by atoms with Crippen LogP contribution in [-0.2, 0) is 5.54 Å². The van der Waals surface area contributed by atoms with E-state index in [1.165, 1.54) is 5.01 Å². The molecule has 3 rings (SSSR count). The van der Waals surface area contributed by atoms with Crippen molar-refractivity contribution in [3.63, 3.8) is 0 Å². The van der Waals surface area contributed by atoms with Crippen molar-refractivity contribution < 1.29 is 4.42 Å². The van der Waals surface area contributed by atoms with Crippen LogP contribution in [0.1, 0.15) is 30.4 Å². The van der Waals surface area contributed by atoms with Crippen LogP contribution in [0, 0.1) is 13.8 Å². The van der Waals surface area contributed by atoms with Gasteiger partial charge < -0.3 is 9.73 Å². The van der Waals surface area contributed by atoms with E-state index in [4.69, 9.17) is 9.40 Å². The fourth-order valence-electron chi connectivity index (χ4n) is 2.92. The molecule has 0 bridgehead atoms. The predicted molar refractivity (Wildman–Crippen MR) is 86.8 cm³/mol. The zero-order chi connectivity index (χ0) is 15.0. The highest BCUT2D eigenvalue weighted by Gasteiger charge is 2.32. The van der Waals surface area contributed by atoms with Crippen molar-refractivity contribution >= 4 is 11.3 Å². The van der Waals surface area contributed by atoms with E-state index in [1.54, 1.807) is 11.3 Å². The Morgan fingerprint density at radius 2 is 2.00 bits per heavy atom. The second-order valence-electron chi connectivity index (χ2n) is 6.16. The normalized spacial score (nSPS) is 17.3. The third-order valence-corrected chi connectivity index (χ3v) is 5.41. The first-order valence-corrected chi connectivity index (χ1v) is 8.35. The van der Waals surface area contributed by atoms with Crippen molar-refractivity contribution in [2.45, 2.75) is 33.2 Å². The Morgan fingerprint density at radius 1 is 1.29 bits per heavy atom. The Hall–Kier alpha value is -1.17. The van der Waals surface area contributed by atoms with Crippen molar-refractivity contribution in [1.82, 2.24) is 15.2 Å². The minimum Gasteiger partial charge on any atom is -0.466 e. The zero-order valence-electron chi connectivity index (χ0n) is 13.2. The Kier molecular flexibility index (Phi) is 3.90. The standard InChI is InChI=1S/C16H23N3OS/c1-11-9-13(12(2)20-11)14-10-21-15(18-14)16(3,4)19-7-5-17-6-8-19/h9-10,17H,5-8H2,1-4H3. The maximum Gasteiger partial charge on any atom is 0.113 e. The van der Waals surface area contributed by atoms with Crippen LogP contribution in [-0.4, -0.2) is 36.1 Å². The van der Waals surface area contributed by atoms with E-state index in [2.05, 4.69) is 35.5 Å². The maximum atomic E-state index is 5.63. The van der Waals surface area contributed by atoms with Gasteiger partial charge in [-0.2, -0.15) is 0 Å². The average Bonchev–Trinajstić information content (AvgIpc) is 3.06. The number of furan rings is 1. The molecule has 1 saturated heterocycles. The van der Waals surface area contributed by atoms with Gasteiger partial charge in [-0.05, 0) is 33.8 Å². The minimum absolute atomic E-state index is 0.0162. The molecular formula is C16H23N3OS. The lowest BCUT2D eigenvalue weighted by Gasteiger charge is -2.39. The van der Waals surface area contributed by atoms with Crippen molar-refractivity contribution in [3.05, 3.63) is 28.0 Å². The molecule has 0 atom stereocenters. The summed E-state index contributed by atoms with van der Waals surface area (Å²) >= 11 is 1.75. The molecule has 1 aliphatic heterocycles. The lowest BCUT2D eigenvalue weighted by molar-refractivity contribution is 0.102. The summed E-state index contributed by atoms with van der Waals surface area (Å²) in [5.41, 5.74) is 2.14. The predicted octanol–water partition coefficient (Wildman–Crippen LogP) is 3.16. The number of aryl methyl sites for hydroxylation is 2. The Bertz CT molecular complexity index is 623. The fraction of sp³-hybridized carbons (Fsp3) is 0.562. The number of hydrogen-bond donors (Lipinski definition) is 1. The van der Waals surface area contributed by atoms with Gasteiger partial charge in [-0.3, -0.25) is 4.90 Å². The lowest BCUT2D eigenvalue weighted by Crippen LogP contribution is -2.51. The van der Waals surface area contributed by atoms with Crippen molar-refractivity contribution in [3.8, 4) is 11.3 Å². The van der Waals surface area contributed by atoms with Gasteiger partial charge in [0, 0.05) is 37.1 Å². The number of hydrogen-bond acceptors (Lipinski definition) is 5. The van der Waals surface area contributed by atoms with Gasteiger partial charge in [0.15, 0.2) is 0 Å². The topological polar surface area (TPSA) is 41.3 Å². The van der Waals surface area contributed by atoms with Gasteiger partial charge in [0.2, 0.25) is 0 Å². The smallest absolute Gasteiger partial charge is 0.113 e. The van der Waals surface area contributed by atoms with Crippen LogP contribution in [0.3, 0.4) is 0 Å². The molecule has 2 aromatic heterocycles. The molecule has 0 aliphatic carbocycles. The third-order valence-electron chi connectivity index (χ3n) is 4.25. The summed E-state index contributed by atoms with van der Waals surface area (Å²) in [5.74, 6) is 1.89. The summed E-state index contributed by atoms with van der Waals surface area (Å²) in [6.45, 7) is 12.8.